The summed E-state index contributed by atoms with van der Waals surface area (Å²) in [6.07, 6.45) is 6.63. The van der Waals surface area contributed by atoms with Crippen LogP contribution in [0.3, 0.4) is 0 Å². The number of rotatable bonds is 6. The van der Waals surface area contributed by atoms with E-state index in [2.05, 4.69) is 10.1 Å². The van der Waals surface area contributed by atoms with Crippen molar-refractivity contribution >= 4 is 5.97 Å². The Morgan fingerprint density at radius 1 is 1.40 bits per heavy atom. The van der Waals surface area contributed by atoms with Crippen LogP contribution in [0, 0.1) is 11.7 Å². The zero-order valence-corrected chi connectivity index (χ0v) is 12.0. The van der Waals surface area contributed by atoms with E-state index in [4.69, 9.17) is 0 Å². The third-order valence-corrected chi connectivity index (χ3v) is 3.97. The molecule has 1 aliphatic carbocycles. The van der Waals surface area contributed by atoms with Crippen LogP contribution >= 0.6 is 0 Å². The number of ether oxygens (including phenoxy) is 1. The van der Waals surface area contributed by atoms with Gasteiger partial charge in [-0.2, -0.15) is 0 Å². The van der Waals surface area contributed by atoms with Crippen molar-refractivity contribution < 1.29 is 13.9 Å². The molecule has 1 saturated carbocycles. The fourth-order valence-corrected chi connectivity index (χ4v) is 2.78. The number of methoxy groups -OCH3 is 1. The number of esters is 1. The predicted octanol–water partition coefficient (Wildman–Crippen LogP) is 3.28. The van der Waals surface area contributed by atoms with Gasteiger partial charge in [-0.15, -0.1) is 0 Å². The summed E-state index contributed by atoms with van der Waals surface area (Å²) in [5.74, 6) is -0.295. The van der Waals surface area contributed by atoms with Crippen molar-refractivity contribution in [1.82, 2.24) is 5.32 Å². The molecule has 3 nitrogen and oxygen atoms in total. The van der Waals surface area contributed by atoms with Crippen molar-refractivity contribution in [2.24, 2.45) is 5.92 Å². The van der Waals surface area contributed by atoms with Gasteiger partial charge in [0.05, 0.1) is 12.7 Å². The molecular weight excluding hydrogens is 257 g/mol. The van der Waals surface area contributed by atoms with Gasteiger partial charge < -0.3 is 10.1 Å². The maximum absolute atomic E-state index is 13.7. The lowest BCUT2D eigenvalue weighted by Gasteiger charge is -2.10. The molecule has 0 spiro atoms. The summed E-state index contributed by atoms with van der Waals surface area (Å²) in [6.45, 7) is 1.59. The molecule has 1 fully saturated rings. The van der Waals surface area contributed by atoms with Crippen LogP contribution in [0.4, 0.5) is 4.39 Å². The summed E-state index contributed by atoms with van der Waals surface area (Å²) < 4.78 is 18.2. The molecule has 0 bridgehead atoms. The van der Waals surface area contributed by atoms with E-state index in [1.807, 2.05) is 0 Å². The highest BCUT2D eigenvalue weighted by atomic mass is 19.1. The van der Waals surface area contributed by atoms with Crippen LogP contribution in [0.15, 0.2) is 18.2 Å². The molecular formula is C16H22FNO2. The van der Waals surface area contributed by atoms with Gasteiger partial charge in [0.15, 0.2) is 0 Å². The number of hydrogen-bond acceptors (Lipinski definition) is 3. The van der Waals surface area contributed by atoms with Gasteiger partial charge in [0, 0.05) is 6.54 Å². The van der Waals surface area contributed by atoms with Crippen LogP contribution in [0.25, 0.3) is 0 Å². The number of carbonyl (C=O) groups excluding carboxylic acids is 1. The minimum atomic E-state index is -0.636. The van der Waals surface area contributed by atoms with Crippen LogP contribution in [0.5, 0.6) is 0 Å². The van der Waals surface area contributed by atoms with Crippen molar-refractivity contribution in [1.29, 1.82) is 0 Å². The van der Waals surface area contributed by atoms with E-state index in [0.29, 0.717) is 6.54 Å². The second kappa shape index (κ2) is 7.39. The quantitative estimate of drug-likeness (QED) is 0.641. The smallest absolute Gasteiger partial charge is 0.340 e. The summed E-state index contributed by atoms with van der Waals surface area (Å²) >= 11 is 0. The highest BCUT2D eigenvalue weighted by Crippen LogP contribution is 2.26. The van der Waals surface area contributed by atoms with Crippen LogP contribution < -0.4 is 5.32 Å². The highest BCUT2D eigenvalue weighted by molar-refractivity contribution is 5.89. The van der Waals surface area contributed by atoms with Crippen LogP contribution in [0.1, 0.15) is 48.0 Å². The molecule has 1 aromatic carbocycles. The van der Waals surface area contributed by atoms with Gasteiger partial charge in [0.1, 0.15) is 5.82 Å². The lowest BCUT2D eigenvalue weighted by Crippen LogP contribution is -2.17. The lowest BCUT2D eigenvalue weighted by molar-refractivity contribution is 0.0595. The minimum Gasteiger partial charge on any atom is -0.465 e. The molecule has 4 heteroatoms. The zero-order chi connectivity index (χ0) is 14.4. The van der Waals surface area contributed by atoms with Crippen LogP contribution in [-0.4, -0.2) is 19.6 Å². The van der Waals surface area contributed by atoms with Crippen molar-refractivity contribution in [3.05, 3.63) is 35.1 Å². The zero-order valence-electron chi connectivity index (χ0n) is 12.0. The van der Waals surface area contributed by atoms with Gasteiger partial charge in [-0.3, -0.25) is 0 Å². The number of carbonyl (C=O) groups is 1. The molecule has 0 saturated heterocycles. The Balaban J connectivity index is 1.78. The predicted molar refractivity (Wildman–Crippen MR) is 76.0 cm³/mol. The Morgan fingerprint density at radius 2 is 2.15 bits per heavy atom. The summed E-state index contributed by atoms with van der Waals surface area (Å²) in [6, 6.07) is 4.64. The molecule has 1 aromatic rings. The number of halogens is 1. The molecule has 1 aliphatic rings. The Labute approximate surface area is 119 Å². The van der Waals surface area contributed by atoms with Gasteiger partial charge in [-0.05, 0) is 36.6 Å². The van der Waals surface area contributed by atoms with E-state index in [1.165, 1.54) is 51.3 Å². The van der Waals surface area contributed by atoms with Crippen LogP contribution in [0.2, 0.25) is 0 Å². The van der Waals surface area contributed by atoms with Gasteiger partial charge in [0.2, 0.25) is 0 Å². The molecule has 0 aromatic heterocycles. The van der Waals surface area contributed by atoms with Gasteiger partial charge in [-0.25, -0.2) is 9.18 Å². The second-order valence-corrected chi connectivity index (χ2v) is 5.42. The monoisotopic (exact) mass is 279 g/mol. The summed E-state index contributed by atoms with van der Waals surface area (Å²) in [5, 5.41) is 3.34. The number of hydrogen-bond donors (Lipinski definition) is 1. The second-order valence-electron chi connectivity index (χ2n) is 5.42. The third-order valence-electron chi connectivity index (χ3n) is 3.97. The lowest BCUT2D eigenvalue weighted by atomic mass is 10.0. The van der Waals surface area contributed by atoms with E-state index >= 15 is 0 Å². The van der Waals surface area contributed by atoms with Gasteiger partial charge in [-0.1, -0.05) is 31.7 Å². The van der Waals surface area contributed by atoms with E-state index in [1.54, 1.807) is 6.07 Å². The minimum absolute atomic E-state index is 0.0118. The fraction of sp³-hybridized carbons (Fsp3) is 0.562. The number of benzene rings is 1. The standard InChI is InChI=1S/C16H22FNO2/c1-20-16(19)14-7-6-13(10-15(14)17)11-18-9-8-12-4-2-3-5-12/h6-7,10,12,18H,2-5,8-9,11H2,1H3. The van der Waals surface area contributed by atoms with E-state index in [9.17, 15) is 9.18 Å². The molecule has 0 aliphatic heterocycles. The summed E-state index contributed by atoms with van der Waals surface area (Å²) in [4.78, 5) is 11.3. The molecule has 0 radical (unpaired) electrons. The largest absolute Gasteiger partial charge is 0.465 e. The molecule has 1 N–H and O–H groups in total. The van der Waals surface area contributed by atoms with Crippen molar-refractivity contribution in [3.8, 4) is 0 Å². The van der Waals surface area contributed by atoms with Crippen molar-refractivity contribution in [2.45, 2.75) is 38.6 Å². The maximum Gasteiger partial charge on any atom is 0.340 e. The topological polar surface area (TPSA) is 38.3 Å². The molecule has 2 rings (SSSR count). The highest BCUT2D eigenvalue weighted by Gasteiger charge is 2.14. The Kier molecular flexibility index (Phi) is 5.53. The average Bonchev–Trinajstić information content (AvgIpc) is 2.96. The van der Waals surface area contributed by atoms with E-state index in [0.717, 1.165) is 18.0 Å². The molecule has 20 heavy (non-hydrogen) atoms. The SMILES string of the molecule is COC(=O)c1ccc(CNCCC2CCCC2)cc1F. The van der Waals surface area contributed by atoms with E-state index in [-0.39, 0.29) is 5.56 Å². The Hall–Kier alpha value is -1.42. The molecule has 0 amide bonds. The van der Waals surface area contributed by atoms with Crippen LogP contribution in [-0.2, 0) is 11.3 Å². The summed E-state index contributed by atoms with van der Waals surface area (Å²) in [7, 11) is 1.25. The normalized spacial score (nSPS) is 15.5. The Morgan fingerprint density at radius 3 is 2.80 bits per heavy atom. The average molecular weight is 279 g/mol. The van der Waals surface area contributed by atoms with Gasteiger partial charge in [0.25, 0.3) is 0 Å². The van der Waals surface area contributed by atoms with Crippen molar-refractivity contribution in [2.75, 3.05) is 13.7 Å². The maximum atomic E-state index is 13.7. The first kappa shape index (κ1) is 15.0. The first-order chi connectivity index (χ1) is 9.70. The molecule has 0 atom stereocenters. The summed E-state index contributed by atoms with van der Waals surface area (Å²) in [5.41, 5.74) is 0.837. The Bertz CT molecular complexity index is 456. The first-order valence-corrected chi connectivity index (χ1v) is 7.28. The third kappa shape index (κ3) is 4.04. The fourth-order valence-electron chi connectivity index (χ4n) is 2.78. The van der Waals surface area contributed by atoms with Crippen molar-refractivity contribution in [3.63, 3.8) is 0 Å². The molecule has 110 valence electrons. The first-order valence-electron chi connectivity index (χ1n) is 7.28. The van der Waals surface area contributed by atoms with Gasteiger partial charge >= 0.3 is 5.97 Å². The number of nitrogens with one attached hydrogen (secondary N) is 1. The molecule has 0 heterocycles. The molecule has 0 unspecified atom stereocenters. The van der Waals surface area contributed by atoms with E-state index < -0.39 is 11.8 Å².